The molecular weight excluding hydrogens is 220 g/mol. The van der Waals surface area contributed by atoms with Gasteiger partial charge in [-0.05, 0) is 24.6 Å². The van der Waals surface area contributed by atoms with Crippen molar-refractivity contribution in [3.05, 3.63) is 0 Å². The van der Waals surface area contributed by atoms with Crippen LogP contribution >= 0.6 is 24.0 Å². The molecule has 0 aromatic carbocycles. The van der Waals surface area contributed by atoms with Crippen molar-refractivity contribution in [3.8, 4) is 0 Å². The molecule has 0 fully saturated rings. The molecule has 1 unspecified atom stereocenters. The fourth-order valence-corrected chi connectivity index (χ4v) is 2.08. The Labute approximate surface area is 94.2 Å². The van der Waals surface area contributed by atoms with Crippen molar-refractivity contribution in [2.75, 3.05) is 6.61 Å². The first-order valence-electron chi connectivity index (χ1n) is 4.35. The second-order valence-electron chi connectivity index (χ2n) is 3.89. The van der Waals surface area contributed by atoms with Gasteiger partial charge in [0, 0.05) is 0 Å². The second-order valence-corrected chi connectivity index (χ2v) is 5.59. The quantitative estimate of drug-likeness (QED) is 0.763. The Kier molecular flexibility index (Phi) is 5.44. The van der Waals surface area contributed by atoms with Crippen LogP contribution in [0, 0.1) is 5.41 Å². The monoisotopic (exact) mass is 236 g/mol. The van der Waals surface area contributed by atoms with Crippen LogP contribution in [0.4, 0.5) is 0 Å². The first-order valence-corrected chi connectivity index (χ1v) is 5.64. The molecule has 0 saturated carbocycles. The highest BCUT2D eigenvalue weighted by molar-refractivity contribution is 8.23. The fourth-order valence-electron chi connectivity index (χ4n) is 0.846. The number of aliphatic carboxylic acids is 1. The summed E-state index contributed by atoms with van der Waals surface area (Å²) in [5.41, 5.74) is -0.336. The van der Waals surface area contributed by atoms with Gasteiger partial charge in [-0.25, -0.2) is 0 Å². The number of carbonyl (C=O) groups is 1. The van der Waals surface area contributed by atoms with E-state index in [9.17, 15) is 4.79 Å². The van der Waals surface area contributed by atoms with Gasteiger partial charge in [0.15, 0.2) is 0 Å². The summed E-state index contributed by atoms with van der Waals surface area (Å²) in [6.07, 6.45) is 0. The van der Waals surface area contributed by atoms with Crippen molar-refractivity contribution in [2.24, 2.45) is 5.41 Å². The van der Waals surface area contributed by atoms with Crippen LogP contribution in [0.15, 0.2) is 0 Å². The highest BCUT2D eigenvalue weighted by Gasteiger charge is 2.33. The van der Waals surface area contributed by atoms with Crippen molar-refractivity contribution in [1.29, 1.82) is 0 Å². The summed E-state index contributed by atoms with van der Waals surface area (Å²) >= 11 is 5.99. The zero-order valence-electron chi connectivity index (χ0n) is 8.86. The number of carboxylic acid groups (broad SMARTS) is 1. The van der Waals surface area contributed by atoms with E-state index >= 15 is 0 Å². The Morgan fingerprint density at radius 3 is 2.36 bits per heavy atom. The van der Waals surface area contributed by atoms with Crippen LogP contribution < -0.4 is 0 Å². The second kappa shape index (κ2) is 5.56. The zero-order chi connectivity index (χ0) is 11.4. The highest BCUT2D eigenvalue weighted by atomic mass is 32.2. The van der Waals surface area contributed by atoms with Crippen LogP contribution in [-0.4, -0.2) is 27.3 Å². The van der Waals surface area contributed by atoms with Crippen LogP contribution in [0.2, 0.25) is 0 Å². The van der Waals surface area contributed by atoms with E-state index in [0.717, 1.165) is 11.8 Å². The molecule has 0 radical (unpaired) electrons. The number of thioether (sulfide) groups is 1. The molecule has 5 heteroatoms. The number of hydrogen-bond acceptors (Lipinski definition) is 4. The van der Waals surface area contributed by atoms with E-state index in [1.165, 1.54) is 0 Å². The lowest BCUT2D eigenvalue weighted by atomic mass is 9.92. The minimum atomic E-state index is -0.857. The summed E-state index contributed by atoms with van der Waals surface area (Å²) in [6, 6.07) is 0. The van der Waals surface area contributed by atoms with Crippen molar-refractivity contribution < 1.29 is 14.6 Å². The third-order valence-electron chi connectivity index (χ3n) is 1.49. The Hall–Kier alpha value is -0.290. The lowest BCUT2D eigenvalue weighted by molar-refractivity contribution is -0.138. The van der Waals surface area contributed by atoms with Gasteiger partial charge in [0.1, 0.15) is 5.25 Å². The van der Waals surface area contributed by atoms with E-state index < -0.39 is 11.2 Å². The molecule has 82 valence electrons. The van der Waals surface area contributed by atoms with Gasteiger partial charge in [0.2, 0.25) is 4.38 Å². The summed E-state index contributed by atoms with van der Waals surface area (Å²) in [7, 11) is 0. The highest BCUT2D eigenvalue weighted by Crippen LogP contribution is 2.31. The molecule has 14 heavy (non-hydrogen) atoms. The average Bonchev–Trinajstić information content (AvgIpc) is 1.98. The van der Waals surface area contributed by atoms with Crippen LogP contribution in [0.1, 0.15) is 27.7 Å². The molecule has 0 aliphatic rings. The first kappa shape index (κ1) is 13.7. The maximum Gasteiger partial charge on any atom is 0.317 e. The molecule has 0 spiro atoms. The lowest BCUT2D eigenvalue weighted by Gasteiger charge is -2.26. The van der Waals surface area contributed by atoms with Gasteiger partial charge < -0.3 is 9.84 Å². The predicted molar refractivity (Wildman–Crippen MR) is 62.7 cm³/mol. The molecule has 3 nitrogen and oxygen atoms in total. The van der Waals surface area contributed by atoms with E-state index in [0.29, 0.717) is 11.0 Å². The molecule has 0 aliphatic carbocycles. The molecule has 0 aromatic heterocycles. The Balaban J connectivity index is 4.40. The lowest BCUT2D eigenvalue weighted by Crippen LogP contribution is -2.32. The number of thiocarbonyl (C=S) groups is 1. The van der Waals surface area contributed by atoms with Crippen LogP contribution in [-0.2, 0) is 9.53 Å². The third kappa shape index (κ3) is 4.81. The normalized spacial score (nSPS) is 13.4. The van der Waals surface area contributed by atoms with Crippen LogP contribution in [0.25, 0.3) is 0 Å². The maximum absolute atomic E-state index is 10.9. The molecule has 0 saturated heterocycles. The molecule has 0 aromatic rings. The van der Waals surface area contributed by atoms with Crippen LogP contribution in [0.5, 0.6) is 0 Å². The summed E-state index contributed by atoms with van der Waals surface area (Å²) in [5, 5.41) is 8.42. The Bertz CT molecular complexity index is 221. The van der Waals surface area contributed by atoms with Crippen molar-refractivity contribution in [1.82, 2.24) is 0 Å². The fraction of sp³-hybridized carbons (Fsp3) is 0.778. The van der Waals surface area contributed by atoms with Gasteiger partial charge in [-0.15, -0.1) is 0 Å². The van der Waals surface area contributed by atoms with E-state index in [-0.39, 0.29) is 5.41 Å². The van der Waals surface area contributed by atoms with Crippen molar-refractivity contribution in [3.63, 3.8) is 0 Å². The number of hydrogen-bond donors (Lipinski definition) is 1. The van der Waals surface area contributed by atoms with Gasteiger partial charge in [-0.3, -0.25) is 4.79 Å². The third-order valence-corrected chi connectivity index (χ3v) is 3.35. The SMILES string of the molecule is CCOC(=S)SC(C(=O)O)C(C)(C)C. The number of rotatable bonds is 3. The average molecular weight is 236 g/mol. The van der Waals surface area contributed by atoms with Gasteiger partial charge in [-0.1, -0.05) is 32.5 Å². The molecule has 0 aliphatic heterocycles. The van der Waals surface area contributed by atoms with Crippen LogP contribution in [0.3, 0.4) is 0 Å². The summed E-state index contributed by atoms with van der Waals surface area (Å²) in [6.45, 7) is 7.90. The molecule has 0 heterocycles. The summed E-state index contributed by atoms with van der Waals surface area (Å²) in [4.78, 5) is 10.9. The minimum Gasteiger partial charge on any atom is -0.480 e. The smallest absolute Gasteiger partial charge is 0.317 e. The topological polar surface area (TPSA) is 46.5 Å². The van der Waals surface area contributed by atoms with E-state index in [1.807, 2.05) is 27.7 Å². The van der Waals surface area contributed by atoms with Crippen molar-refractivity contribution >= 4 is 34.3 Å². The molecule has 1 N–H and O–H groups in total. The van der Waals surface area contributed by atoms with Gasteiger partial charge in [0.05, 0.1) is 6.61 Å². The zero-order valence-corrected chi connectivity index (χ0v) is 10.5. The maximum atomic E-state index is 10.9. The Morgan fingerprint density at radius 2 is 2.07 bits per heavy atom. The minimum absolute atomic E-state index is 0.301. The molecule has 0 amide bonds. The summed E-state index contributed by atoms with van der Waals surface area (Å²) in [5.74, 6) is -0.857. The summed E-state index contributed by atoms with van der Waals surface area (Å²) < 4.78 is 5.35. The molecule has 1 atom stereocenters. The molecule has 0 bridgehead atoms. The van der Waals surface area contributed by atoms with Gasteiger partial charge in [0.25, 0.3) is 0 Å². The van der Waals surface area contributed by atoms with E-state index in [4.69, 9.17) is 22.1 Å². The van der Waals surface area contributed by atoms with Gasteiger partial charge >= 0.3 is 5.97 Å². The molecular formula is C9H16O3S2. The van der Waals surface area contributed by atoms with E-state index in [1.54, 1.807) is 0 Å². The number of carboxylic acids is 1. The standard InChI is InChI=1S/C9H16O3S2/c1-5-12-8(13)14-6(7(10)11)9(2,3)4/h6H,5H2,1-4H3,(H,10,11). The Morgan fingerprint density at radius 1 is 1.57 bits per heavy atom. The first-order chi connectivity index (χ1) is 6.29. The number of ether oxygens (including phenoxy) is 1. The van der Waals surface area contributed by atoms with Crippen molar-refractivity contribution in [2.45, 2.75) is 32.9 Å². The van der Waals surface area contributed by atoms with Gasteiger partial charge in [-0.2, -0.15) is 0 Å². The predicted octanol–water partition coefficient (Wildman–Crippen LogP) is 2.54. The molecule has 0 rings (SSSR count). The van der Waals surface area contributed by atoms with E-state index in [2.05, 4.69) is 0 Å². The largest absolute Gasteiger partial charge is 0.480 e.